The number of fused-ring (bicyclic) bond motifs is 1. The number of nitrogens with zero attached hydrogens (tertiary/aromatic N) is 1. The van der Waals surface area contributed by atoms with Crippen molar-refractivity contribution in [3.8, 4) is 11.3 Å². The fourth-order valence-corrected chi connectivity index (χ4v) is 3.88. The predicted octanol–water partition coefficient (Wildman–Crippen LogP) is 5.98. The Morgan fingerprint density at radius 1 is 0.960 bits per heavy atom. The van der Waals surface area contributed by atoms with E-state index in [1.165, 1.54) is 16.7 Å². The van der Waals surface area contributed by atoms with Crippen LogP contribution in [0.5, 0.6) is 0 Å². The summed E-state index contributed by atoms with van der Waals surface area (Å²) in [6.45, 7) is 0. The second-order valence-corrected chi connectivity index (χ2v) is 7.21. The Morgan fingerprint density at radius 3 is 2.60 bits per heavy atom. The van der Waals surface area contributed by atoms with E-state index >= 15 is 0 Å². The molecule has 122 valence electrons. The van der Waals surface area contributed by atoms with Gasteiger partial charge in [0.1, 0.15) is 0 Å². The van der Waals surface area contributed by atoms with Crippen molar-refractivity contribution in [3.63, 3.8) is 0 Å². The lowest BCUT2D eigenvalue weighted by Gasteiger charge is -2.04. The van der Waals surface area contributed by atoms with Crippen LogP contribution >= 0.6 is 27.3 Å². The van der Waals surface area contributed by atoms with Crippen molar-refractivity contribution < 1.29 is 4.79 Å². The summed E-state index contributed by atoms with van der Waals surface area (Å²) in [5.74, 6) is -0.175. The lowest BCUT2D eigenvalue weighted by atomic mass is 10.0. The number of hydrogen-bond donors (Lipinski definition) is 1. The van der Waals surface area contributed by atoms with Crippen molar-refractivity contribution in [1.82, 2.24) is 4.98 Å². The molecule has 0 aliphatic heterocycles. The highest BCUT2D eigenvalue weighted by Gasteiger charge is 2.13. The number of aromatic nitrogens is 1. The zero-order valence-electron chi connectivity index (χ0n) is 13.1. The molecule has 0 saturated heterocycles. The van der Waals surface area contributed by atoms with Gasteiger partial charge in [0, 0.05) is 15.4 Å². The molecule has 25 heavy (non-hydrogen) atoms. The molecule has 1 amide bonds. The second-order valence-electron chi connectivity index (χ2n) is 5.50. The molecule has 0 unspecified atom stereocenters. The van der Waals surface area contributed by atoms with Gasteiger partial charge in [-0.25, -0.2) is 4.98 Å². The normalized spacial score (nSPS) is 10.8. The number of halogens is 1. The van der Waals surface area contributed by atoms with Gasteiger partial charge in [-0.3, -0.25) is 10.1 Å². The first-order valence-corrected chi connectivity index (χ1v) is 9.39. The molecule has 5 heteroatoms. The van der Waals surface area contributed by atoms with E-state index in [4.69, 9.17) is 0 Å². The maximum atomic E-state index is 12.4. The van der Waals surface area contributed by atoms with Crippen molar-refractivity contribution in [2.75, 3.05) is 5.32 Å². The van der Waals surface area contributed by atoms with Crippen LogP contribution < -0.4 is 5.32 Å². The first-order chi connectivity index (χ1) is 12.2. The van der Waals surface area contributed by atoms with Crippen LogP contribution in [0.15, 0.2) is 76.6 Å². The summed E-state index contributed by atoms with van der Waals surface area (Å²) in [5, 5.41) is 7.76. The van der Waals surface area contributed by atoms with Crippen molar-refractivity contribution in [2.24, 2.45) is 0 Å². The Morgan fingerprint density at radius 2 is 1.72 bits per heavy atom. The van der Waals surface area contributed by atoms with Crippen molar-refractivity contribution in [1.29, 1.82) is 0 Å². The van der Waals surface area contributed by atoms with Crippen LogP contribution in [0.1, 0.15) is 10.4 Å². The summed E-state index contributed by atoms with van der Waals surface area (Å²) in [4.78, 5) is 17.0. The van der Waals surface area contributed by atoms with E-state index in [0.717, 1.165) is 21.1 Å². The van der Waals surface area contributed by atoms with Crippen LogP contribution in [0.25, 0.3) is 22.0 Å². The largest absolute Gasteiger partial charge is 0.298 e. The summed E-state index contributed by atoms with van der Waals surface area (Å²) in [7, 11) is 0. The SMILES string of the molecule is O=C(Nc1nc(-c2cccc3ccccc23)cs1)c1ccccc1Br. The summed E-state index contributed by atoms with van der Waals surface area (Å²) in [5.41, 5.74) is 2.52. The maximum absolute atomic E-state index is 12.4. The van der Waals surface area contributed by atoms with Crippen LogP contribution in [0.3, 0.4) is 0 Å². The zero-order chi connectivity index (χ0) is 17.2. The minimum absolute atomic E-state index is 0.175. The third-order valence-electron chi connectivity index (χ3n) is 3.91. The number of carbonyl (C=O) groups excluding carboxylic acids is 1. The maximum Gasteiger partial charge on any atom is 0.258 e. The summed E-state index contributed by atoms with van der Waals surface area (Å²) in [6.07, 6.45) is 0. The van der Waals surface area contributed by atoms with E-state index < -0.39 is 0 Å². The average Bonchev–Trinajstić information content (AvgIpc) is 3.10. The van der Waals surface area contributed by atoms with Crippen LogP contribution in [0, 0.1) is 0 Å². The number of thiazole rings is 1. The molecule has 0 atom stereocenters. The molecule has 0 bridgehead atoms. The lowest BCUT2D eigenvalue weighted by molar-refractivity contribution is 0.102. The molecule has 4 rings (SSSR count). The van der Waals surface area contributed by atoms with E-state index in [2.05, 4.69) is 50.5 Å². The Balaban J connectivity index is 1.64. The number of rotatable bonds is 3. The molecule has 0 spiro atoms. The zero-order valence-corrected chi connectivity index (χ0v) is 15.5. The third-order valence-corrected chi connectivity index (χ3v) is 5.36. The van der Waals surface area contributed by atoms with Crippen LogP contribution in [0.2, 0.25) is 0 Å². The third kappa shape index (κ3) is 3.21. The lowest BCUT2D eigenvalue weighted by Crippen LogP contribution is -2.12. The molecule has 0 fully saturated rings. The molecule has 0 radical (unpaired) electrons. The monoisotopic (exact) mass is 408 g/mol. The molecule has 3 aromatic carbocycles. The minimum Gasteiger partial charge on any atom is -0.298 e. The Bertz CT molecular complexity index is 1070. The van der Waals surface area contributed by atoms with Crippen LogP contribution in [0.4, 0.5) is 5.13 Å². The molecule has 3 nitrogen and oxygen atoms in total. The molecule has 0 aliphatic carbocycles. The first-order valence-electron chi connectivity index (χ1n) is 7.72. The average molecular weight is 409 g/mol. The van der Waals surface area contributed by atoms with Gasteiger partial charge >= 0.3 is 0 Å². The molecule has 1 aromatic heterocycles. The van der Waals surface area contributed by atoms with E-state index in [1.807, 2.05) is 41.8 Å². The highest BCUT2D eigenvalue weighted by Crippen LogP contribution is 2.31. The Hall–Kier alpha value is -2.50. The van der Waals surface area contributed by atoms with E-state index in [-0.39, 0.29) is 5.91 Å². The van der Waals surface area contributed by atoms with Gasteiger partial charge in [0.25, 0.3) is 5.91 Å². The summed E-state index contributed by atoms with van der Waals surface area (Å²) < 4.78 is 0.762. The fourth-order valence-electron chi connectivity index (χ4n) is 2.71. The van der Waals surface area contributed by atoms with E-state index in [9.17, 15) is 4.79 Å². The molecule has 0 saturated carbocycles. The molecule has 0 aliphatic rings. The Kier molecular flexibility index (Phi) is 4.34. The van der Waals surface area contributed by atoms with Gasteiger partial charge in [-0.1, -0.05) is 54.6 Å². The topological polar surface area (TPSA) is 42.0 Å². The van der Waals surface area contributed by atoms with Crippen LogP contribution in [-0.4, -0.2) is 10.9 Å². The number of amides is 1. The van der Waals surface area contributed by atoms with Gasteiger partial charge in [-0.2, -0.15) is 0 Å². The standard InChI is InChI=1S/C20H13BrN2OS/c21-17-11-4-3-9-16(17)19(24)23-20-22-18(12-25-20)15-10-5-7-13-6-1-2-8-14(13)15/h1-12H,(H,22,23,24). The van der Waals surface area contributed by atoms with Crippen molar-refractivity contribution in [3.05, 3.63) is 82.1 Å². The first kappa shape index (κ1) is 16.0. The smallest absolute Gasteiger partial charge is 0.258 e. The molecular weight excluding hydrogens is 396 g/mol. The molecule has 4 aromatic rings. The predicted molar refractivity (Wildman–Crippen MR) is 107 cm³/mol. The number of nitrogens with one attached hydrogen (secondary N) is 1. The van der Waals surface area contributed by atoms with E-state index in [0.29, 0.717) is 10.7 Å². The second kappa shape index (κ2) is 6.78. The van der Waals surface area contributed by atoms with Gasteiger partial charge in [0.2, 0.25) is 0 Å². The van der Waals surface area contributed by atoms with Crippen molar-refractivity contribution >= 4 is 49.1 Å². The van der Waals surface area contributed by atoms with Gasteiger partial charge in [0.05, 0.1) is 11.3 Å². The summed E-state index contributed by atoms with van der Waals surface area (Å²) >= 11 is 4.82. The van der Waals surface area contributed by atoms with Crippen LogP contribution in [-0.2, 0) is 0 Å². The highest BCUT2D eigenvalue weighted by molar-refractivity contribution is 9.10. The number of hydrogen-bond acceptors (Lipinski definition) is 3. The van der Waals surface area contributed by atoms with Gasteiger partial charge in [-0.05, 0) is 38.8 Å². The molecule has 1 N–H and O–H groups in total. The summed E-state index contributed by atoms with van der Waals surface area (Å²) in [6, 6.07) is 21.7. The van der Waals surface area contributed by atoms with Crippen molar-refractivity contribution in [2.45, 2.75) is 0 Å². The fraction of sp³-hybridized carbons (Fsp3) is 0. The number of anilines is 1. The molecule has 1 heterocycles. The number of benzene rings is 3. The molecular formula is C20H13BrN2OS. The van der Waals surface area contributed by atoms with Gasteiger partial charge in [-0.15, -0.1) is 11.3 Å². The van der Waals surface area contributed by atoms with Gasteiger partial charge in [0.15, 0.2) is 5.13 Å². The quantitative estimate of drug-likeness (QED) is 0.453. The van der Waals surface area contributed by atoms with Gasteiger partial charge < -0.3 is 0 Å². The minimum atomic E-state index is -0.175. The number of carbonyl (C=O) groups is 1. The van der Waals surface area contributed by atoms with E-state index in [1.54, 1.807) is 6.07 Å². The Labute approximate surface area is 157 Å². The highest BCUT2D eigenvalue weighted by atomic mass is 79.9.